The van der Waals surface area contributed by atoms with Gasteiger partial charge in [-0.25, -0.2) is 9.59 Å². The molecule has 2 saturated carbocycles. The van der Waals surface area contributed by atoms with Gasteiger partial charge in [0.25, 0.3) is 0 Å². The molecular weight excluding hydrogens is 1180 g/mol. The van der Waals surface area contributed by atoms with Crippen molar-refractivity contribution in [2.75, 3.05) is 26.4 Å². The second-order valence-corrected chi connectivity index (χ2v) is 21.7. The van der Waals surface area contributed by atoms with Gasteiger partial charge in [0.15, 0.2) is 0 Å². The Morgan fingerprint density at radius 1 is 0.464 bits per heavy atom. The van der Waals surface area contributed by atoms with Gasteiger partial charge in [0.05, 0.1) is 73.4 Å². The molecule has 22 nitrogen and oxygen atoms in total. The molecular formula is C58H54Cl2N2O20S2. The van der Waals surface area contributed by atoms with Crippen LogP contribution in [0.15, 0.2) is 93.4 Å². The molecule has 0 atom stereocenters. The first-order valence-corrected chi connectivity index (χ1v) is 28.5. The Bertz CT molecular complexity index is 2970. The highest BCUT2D eigenvalue weighted by atomic mass is 35.5. The number of carbonyl (C=O) groups is 10. The highest BCUT2D eigenvalue weighted by Crippen LogP contribution is 2.59. The molecule has 0 unspecified atom stereocenters. The molecule has 3 aromatic rings. The van der Waals surface area contributed by atoms with E-state index in [1.54, 1.807) is 12.1 Å². The van der Waals surface area contributed by atoms with Crippen LogP contribution in [0.4, 0.5) is 0 Å². The van der Waals surface area contributed by atoms with E-state index < -0.39 is 83.4 Å². The molecule has 0 bridgehead atoms. The van der Waals surface area contributed by atoms with Crippen molar-refractivity contribution in [3.8, 4) is 35.1 Å². The molecule has 26 heteroatoms. The Morgan fingerprint density at radius 2 is 0.762 bits per heavy atom. The molecule has 442 valence electrons. The summed E-state index contributed by atoms with van der Waals surface area (Å²) in [7, 11) is 0. The van der Waals surface area contributed by atoms with Gasteiger partial charge in [-0.1, -0.05) is 72.0 Å². The number of benzene rings is 3. The number of nitriles is 2. The van der Waals surface area contributed by atoms with Crippen LogP contribution in [-0.4, -0.2) is 86.1 Å². The van der Waals surface area contributed by atoms with Crippen LogP contribution in [0.2, 0.25) is 10.0 Å². The standard InChI is InChI=1S/C58H54Cl2N2O20S2/c1-3-46(63)73-23-25-75-48(65)19-21-50(67)77-31-33-5-15-42(40(59)27-33)79-54(69)35-7-11-37(12-8-35)56(71)81-44-17-18-45(53-52(44)83-58(84-53)39(29-61)30-62)82-57(72)38-13-9-36(10-14-38)55(70)80-43-16-6-34(28-41(43)60)32-78-51(68)22-20-49(66)76-26-24-74-47(64)4-2/h3-6,15-18,27-28,35-38H,1-2,7-14,19-26,31-32H2. The maximum Gasteiger partial charge on any atom is 0.330 e. The first-order valence-electron chi connectivity index (χ1n) is 26.1. The summed E-state index contributed by atoms with van der Waals surface area (Å²) in [4.78, 5) is 125. The molecule has 0 spiro atoms. The minimum atomic E-state index is -0.682. The summed E-state index contributed by atoms with van der Waals surface area (Å²) in [5, 5.41) is 19.5. The molecule has 0 radical (unpaired) electrons. The fraction of sp³-hybridized carbons (Fsp3) is 0.379. The first kappa shape index (κ1) is 65.0. The molecule has 2 fully saturated rings. The third kappa shape index (κ3) is 19.8. The van der Waals surface area contributed by atoms with Crippen molar-refractivity contribution in [2.45, 2.75) is 100 Å². The van der Waals surface area contributed by atoms with Crippen LogP contribution >= 0.6 is 46.7 Å². The summed E-state index contributed by atoms with van der Waals surface area (Å²) >= 11 is 14.9. The second kappa shape index (κ2) is 32.6. The van der Waals surface area contributed by atoms with E-state index in [4.69, 9.17) is 70.6 Å². The van der Waals surface area contributed by atoms with E-state index in [0.29, 0.717) is 46.6 Å². The first-order chi connectivity index (χ1) is 40.4. The number of halogens is 2. The number of thioether (sulfide) groups is 2. The Morgan fingerprint density at radius 3 is 1.07 bits per heavy atom. The maximum atomic E-state index is 13.7. The summed E-state index contributed by atoms with van der Waals surface area (Å²) in [5.41, 5.74) is 0.771. The van der Waals surface area contributed by atoms with Gasteiger partial charge in [0.1, 0.15) is 80.4 Å². The highest BCUT2D eigenvalue weighted by molar-refractivity contribution is 8.24. The smallest absolute Gasteiger partial charge is 0.330 e. The predicted molar refractivity (Wildman–Crippen MR) is 295 cm³/mol. The van der Waals surface area contributed by atoms with Crippen LogP contribution < -0.4 is 18.9 Å². The van der Waals surface area contributed by atoms with Crippen LogP contribution in [-0.2, 0) is 89.6 Å². The van der Waals surface area contributed by atoms with Gasteiger partial charge in [-0.15, -0.1) is 0 Å². The van der Waals surface area contributed by atoms with Crippen molar-refractivity contribution in [2.24, 2.45) is 23.7 Å². The van der Waals surface area contributed by atoms with Gasteiger partial charge < -0.3 is 47.4 Å². The van der Waals surface area contributed by atoms with E-state index >= 15 is 0 Å². The monoisotopic (exact) mass is 1230 g/mol. The summed E-state index contributed by atoms with van der Waals surface area (Å²) in [6, 6.07) is 15.6. The number of allylic oxidation sites excluding steroid dienone is 1. The van der Waals surface area contributed by atoms with Crippen LogP contribution in [0.3, 0.4) is 0 Å². The number of rotatable bonds is 26. The van der Waals surface area contributed by atoms with Gasteiger partial charge in [0, 0.05) is 12.2 Å². The molecule has 1 heterocycles. The Hall–Kier alpha value is -8.16. The fourth-order valence-electron chi connectivity index (χ4n) is 8.37. The molecule has 0 N–H and O–H groups in total. The van der Waals surface area contributed by atoms with E-state index in [-0.39, 0.29) is 134 Å². The molecule has 0 amide bonds. The largest absolute Gasteiger partial charge is 0.462 e. The molecule has 84 heavy (non-hydrogen) atoms. The lowest BCUT2D eigenvalue weighted by molar-refractivity contribution is -0.153. The third-order valence-corrected chi connectivity index (χ3v) is 16.1. The molecule has 6 rings (SSSR count). The maximum absolute atomic E-state index is 13.7. The average molecular weight is 1230 g/mol. The van der Waals surface area contributed by atoms with Crippen molar-refractivity contribution in [3.63, 3.8) is 0 Å². The lowest BCUT2D eigenvalue weighted by atomic mass is 9.82. The molecule has 2 aliphatic carbocycles. The van der Waals surface area contributed by atoms with E-state index in [1.165, 1.54) is 36.4 Å². The predicted octanol–water partition coefficient (Wildman–Crippen LogP) is 9.28. The number of hydrogen-bond donors (Lipinski definition) is 0. The summed E-state index contributed by atoms with van der Waals surface area (Å²) in [6.07, 6.45) is 3.21. The molecule has 1 aliphatic heterocycles. The minimum absolute atomic E-state index is 0.0736. The Labute approximate surface area is 499 Å². The van der Waals surface area contributed by atoms with Crippen molar-refractivity contribution in [3.05, 3.63) is 105 Å². The highest BCUT2D eigenvalue weighted by Gasteiger charge is 2.37. The second-order valence-electron chi connectivity index (χ2n) is 18.6. The van der Waals surface area contributed by atoms with E-state index in [9.17, 15) is 58.5 Å². The van der Waals surface area contributed by atoms with Crippen molar-refractivity contribution in [1.29, 1.82) is 10.5 Å². The fourth-order valence-corrected chi connectivity index (χ4v) is 11.3. The summed E-state index contributed by atoms with van der Waals surface area (Å²) in [5.74, 6) is -8.26. The van der Waals surface area contributed by atoms with E-state index in [2.05, 4.69) is 13.2 Å². The lowest BCUT2D eigenvalue weighted by Gasteiger charge is -2.26. The molecule has 0 aromatic heterocycles. The van der Waals surface area contributed by atoms with Crippen LogP contribution in [0.1, 0.15) is 88.2 Å². The van der Waals surface area contributed by atoms with Gasteiger partial charge in [-0.2, -0.15) is 10.5 Å². The van der Waals surface area contributed by atoms with E-state index in [0.717, 1.165) is 35.7 Å². The molecule has 3 aromatic carbocycles. The topological polar surface area (TPSA) is 311 Å². The Balaban J connectivity index is 0.935. The van der Waals surface area contributed by atoms with Gasteiger partial charge >= 0.3 is 59.7 Å². The third-order valence-electron chi connectivity index (χ3n) is 12.9. The number of ether oxygens (including phenoxy) is 10. The zero-order valence-corrected chi connectivity index (χ0v) is 48.0. The minimum Gasteiger partial charge on any atom is -0.462 e. The SMILES string of the molecule is C=CC(=O)OCCOC(=O)CCC(=O)OCc1ccc(OC(=O)C2CCC(C(=O)Oc3ccc(OC(=O)C4CCC(C(=O)Oc5ccc(COC(=O)CCC(=O)OCCOC(=O)C=C)cc5Cl)CC4)c4c3SC(=C(C#N)C#N)S4)CC2)c(Cl)c1. The lowest BCUT2D eigenvalue weighted by Crippen LogP contribution is -2.30. The number of hydrogen-bond acceptors (Lipinski definition) is 24. The van der Waals surface area contributed by atoms with Crippen LogP contribution in [0.25, 0.3) is 0 Å². The normalized spacial score (nSPS) is 16.7. The molecule has 3 aliphatic rings. The Kier molecular flexibility index (Phi) is 25.2. The summed E-state index contributed by atoms with van der Waals surface area (Å²) < 4.78 is 53.0. The van der Waals surface area contributed by atoms with Crippen molar-refractivity contribution < 1.29 is 95.3 Å². The van der Waals surface area contributed by atoms with Gasteiger partial charge in [0.2, 0.25) is 0 Å². The zero-order chi connectivity index (χ0) is 60.7. The van der Waals surface area contributed by atoms with E-state index in [1.807, 2.05) is 12.1 Å². The average Bonchev–Trinajstić information content (AvgIpc) is 4.14. The summed E-state index contributed by atoms with van der Waals surface area (Å²) in [6.45, 7) is 5.47. The van der Waals surface area contributed by atoms with Crippen LogP contribution in [0, 0.1) is 46.3 Å². The number of fused-ring (bicyclic) bond motifs is 1. The molecule has 0 saturated heterocycles. The van der Waals surface area contributed by atoms with Gasteiger partial charge in [-0.05, 0) is 98.9 Å². The zero-order valence-electron chi connectivity index (χ0n) is 44.9. The number of nitrogens with zero attached hydrogens (tertiary/aromatic N) is 2. The van der Waals surface area contributed by atoms with Crippen LogP contribution in [0.5, 0.6) is 23.0 Å². The van der Waals surface area contributed by atoms with Crippen molar-refractivity contribution in [1.82, 2.24) is 0 Å². The van der Waals surface area contributed by atoms with Gasteiger partial charge in [-0.3, -0.25) is 38.4 Å². The number of carbonyl (C=O) groups excluding carboxylic acids is 10. The quantitative estimate of drug-likeness (QED) is 0.0180. The van der Waals surface area contributed by atoms with Crippen molar-refractivity contribution >= 4 is 106 Å². The number of esters is 10.